The van der Waals surface area contributed by atoms with E-state index in [2.05, 4.69) is 36.4 Å². The fourth-order valence-electron chi connectivity index (χ4n) is 1.17. The van der Waals surface area contributed by atoms with E-state index in [0.717, 1.165) is 19.3 Å². The maximum absolute atomic E-state index is 6.78. The molecule has 0 fully saturated rings. The molecule has 0 aliphatic carbocycles. The predicted octanol–water partition coefficient (Wildman–Crippen LogP) is 3.32. The van der Waals surface area contributed by atoms with E-state index in [1.54, 1.807) is 11.8 Å². The molecule has 0 aromatic heterocycles. The summed E-state index contributed by atoms with van der Waals surface area (Å²) in [4.78, 5) is 1.31. The Morgan fingerprint density at radius 3 is 2.54 bits per heavy atom. The number of unbranched alkanes of at least 4 members (excludes halogenated alkanes) is 1. The molecule has 1 aromatic carbocycles. The van der Waals surface area contributed by atoms with Crippen LogP contribution in [0.5, 0.6) is 0 Å². The summed E-state index contributed by atoms with van der Waals surface area (Å²) in [6, 6.07) is 8.62. The normalized spacial score (nSPS) is 9.54. The second-order valence-corrected chi connectivity index (χ2v) is 3.76. The number of benzene rings is 1. The average Bonchev–Trinajstić information content (AvgIpc) is 2.19. The van der Waals surface area contributed by atoms with Gasteiger partial charge in [0.1, 0.15) is 0 Å². The lowest BCUT2D eigenvalue weighted by Gasteiger charge is -2.00. The third kappa shape index (κ3) is 3.57. The number of rotatable bonds is 4. The Morgan fingerprint density at radius 2 is 2.00 bits per heavy atom. The highest BCUT2D eigenvalue weighted by molar-refractivity contribution is 7.98. The lowest BCUT2D eigenvalue weighted by atomic mass is 10.1. The van der Waals surface area contributed by atoms with Gasteiger partial charge in [0.15, 0.2) is 0 Å². The lowest BCUT2D eigenvalue weighted by Crippen LogP contribution is -1.84. The van der Waals surface area contributed by atoms with Gasteiger partial charge in [-0.1, -0.05) is 18.1 Å². The molecule has 0 saturated heterocycles. The van der Waals surface area contributed by atoms with Crippen molar-refractivity contribution in [3.8, 4) is 5.92 Å². The van der Waals surface area contributed by atoms with Crippen molar-refractivity contribution < 1.29 is 0 Å². The minimum absolute atomic E-state index is 0.768. The van der Waals surface area contributed by atoms with E-state index in [4.69, 9.17) is 6.42 Å². The van der Waals surface area contributed by atoms with E-state index in [9.17, 15) is 0 Å². The molecule has 0 unspecified atom stereocenters. The van der Waals surface area contributed by atoms with Crippen LogP contribution >= 0.6 is 11.8 Å². The molecule has 1 rings (SSSR count). The Balaban J connectivity index is 2.45. The molecule has 0 nitrogen and oxygen atoms in total. The maximum atomic E-state index is 6.78. The molecule has 0 aliphatic rings. The Morgan fingerprint density at radius 1 is 1.31 bits per heavy atom. The zero-order valence-electron chi connectivity index (χ0n) is 7.84. The zero-order chi connectivity index (χ0) is 9.52. The topological polar surface area (TPSA) is 0 Å². The minimum Gasteiger partial charge on any atom is -0.130 e. The number of aryl methyl sites for hydroxylation is 1. The first-order chi connectivity index (χ1) is 6.36. The molecular formula is C12H13S. The van der Waals surface area contributed by atoms with Gasteiger partial charge in [-0.25, -0.2) is 0 Å². The van der Waals surface area contributed by atoms with Crippen LogP contribution in [0.4, 0.5) is 0 Å². The van der Waals surface area contributed by atoms with Crippen LogP contribution in [-0.4, -0.2) is 6.26 Å². The number of hydrogen-bond donors (Lipinski definition) is 0. The second-order valence-electron chi connectivity index (χ2n) is 2.88. The largest absolute Gasteiger partial charge is 0.130 e. The standard InChI is InChI=1S/C12H13S/c1-3-4-5-6-11-7-9-12(13-2)10-8-11/h7-10H,4-6H2,2H3. The van der Waals surface area contributed by atoms with Gasteiger partial charge in [-0.05, 0) is 43.2 Å². The van der Waals surface area contributed by atoms with Gasteiger partial charge in [0.2, 0.25) is 0 Å². The van der Waals surface area contributed by atoms with Crippen LogP contribution < -0.4 is 0 Å². The molecule has 1 radical (unpaired) electrons. The Hall–Kier alpha value is -0.870. The van der Waals surface area contributed by atoms with Crippen molar-refractivity contribution in [3.63, 3.8) is 0 Å². The molecular weight excluding hydrogens is 176 g/mol. The van der Waals surface area contributed by atoms with Crippen LogP contribution in [0.25, 0.3) is 0 Å². The zero-order valence-corrected chi connectivity index (χ0v) is 8.66. The molecule has 0 amide bonds. The maximum Gasteiger partial charge on any atom is 0.0102 e. The third-order valence-electron chi connectivity index (χ3n) is 1.93. The van der Waals surface area contributed by atoms with Gasteiger partial charge in [-0.2, -0.15) is 0 Å². The Bertz CT molecular complexity index is 279. The van der Waals surface area contributed by atoms with Crippen molar-refractivity contribution in [2.75, 3.05) is 6.26 Å². The molecule has 1 heteroatoms. The molecule has 0 heterocycles. The summed E-state index contributed by atoms with van der Waals surface area (Å²) in [6.45, 7) is 0. The highest BCUT2D eigenvalue weighted by atomic mass is 32.2. The summed E-state index contributed by atoms with van der Waals surface area (Å²) in [6.07, 6.45) is 11.7. The predicted molar refractivity (Wildman–Crippen MR) is 58.3 cm³/mol. The highest BCUT2D eigenvalue weighted by Gasteiger charge is 1.93. The molecule has 0 N–H and O–H groups in total. The lowest BCUT2D eigenvalue weighted by molar-refractivity contribution is 0.856. The van der Waals surface area contributed by atoms with Crippen LogP contribution in [0.1, 0.15) is 18.4 Å². The SMILES string of the molecule is [C]#CCCCc1ccc(SC)cc1. The van der Waals surface area contributed by atoms with E-state index in [-0.39, 0.29) is 0 Å². The van der Waals surface area contributed by atoms with E-state index >= 15 is 0 Å². The van der Waals surface area contributed by atoms with Crippen molar-refractivity contribution in [2.45, 2.75) is 24.2 Å². The van der Waals surface area contributed by atoms with E-state index in [1.807, 2.05) is 0 Å². The van der Waals surface area contributed by atoms with Crippen LogP contribution in [0.2, 0.25) is 0 Å². The highest BCUT2D eigenvalue weighted by Crippen LogP contribution is 2.15. The number of hydrogen-bond acceptors (Lipinski definition) is 1. The van der Waals surface area contributed by atoms with Gasteiger partial charge in [-0.3, -0.25) is 0 Å². The van der Waals surface area contributed by atoms with E-state index < -0.39 is 0 Å². The van der Waals surface area contributed by atoms with Crippen LogP contribution in [0.3, 0.4) is 0 Å². The summed E-state index contributed by atoms with van der Waals surface area (Å²) in [5.74, 6) is 2.41. The first kappa shape index (κ1) is 10.2. The average molecular weight is 189 g/mol. The fraction of sp³-hybridized carbons (Fsp3) is 0.333. The summed E-state index contributed by atoms with van der Waals surface area (Å²) in [7, 11) is 0. The first-order valence-corrected chi connectivity index (χ1v) is 5.62. The minimum atomic E-state index is 0.768. The van der Waals surface area contributed by atoms with Crippen molar-refractivity contribution in [2.24, 2.45) is 0 Å². The Kier molecular flexibility index (Phi) is 4.49. The molecule has 0 aliphatic heterocycles. The smallest absolute Gasteiger partial charge is 0.0102 e. The van der Waals surface area contributed by atoms with Crippen molar-refractivity contribution in [1.29, 1.82) is 0 Å². The third-order valence-corrected chi connectivity index (χ3v) is 2.67. The van der Waals surface area contributed by atoms with E-state index in [0.29, 0.717) is 0 Å². The van der Waals surface area contributed by atoms with Gasteiger partial charge < -0.3 is 0 Å². The van der Waals surface area contributed by atoms with Gasteiger partial charge >= 0.3 is 0 Å². The van der Waals surface area contributed by atoms with Gasteiger partial charge in [0.05, 0.1) is 0 Å². The van der Waals surface area contributed by atoms with Crippen LogP contribution in [0.15, 0.2) is 29.2 Å². The van der Waals surface area contributed by atoms with Crippen molar-refractivity contribution in [3.05, 3.63) is 36.3 Å². The van der Waals surface area contributed by atoms with E-state index in [1.165, 1.54) is 10.5 Å². The molecule has 0 bridgehead atoms. The fourth-order valence-corrected chi connectivity index (χ4v) is 1.58. The summed E-state index contributed by atoms with van der Waals surface area (Å²) in [5, 5.41) is 0. The molecule has 0 saturated carbocycles. The summed E-state index contributed by atoms with van der Waals surface area (Å²) < 4.78 is 0. The quantitative estimate of drug-likeness (QED) is 0.398. The molecule has 1 aromatic rings. The molecule has 67 valence electrons. The van der Waals surface area contributed by atoms with Crippen molar-refractivity contribution >= 4 is 11.8 Å². The molecule has 13 heavy (non-hydrogen) atoms. The van der Waals surface area contributed by atoms with Gasteiger partial charge in [0.25, 0.3) is 0 Å². The summed E-state index contributed by atoms with van der Waals surface area (Å²) >= 11 is 1.76. The van der Waals surface area contributed by atoms with Crippen LogP contribution in [0, 0.1) is 12.3 Å². The number of thioether (sulfide) groups is 1. The van der Waals surface area contributed by atoms with Crippen molar-refractivity contribution in [1.82, 2.24) is 0 Å². The molecule has 0 spiro atoms. The van der Waals surface area contributed by atoms with Gasteiger partial charge in [-0.15, -0.1) is 11.8 Å². The first-order valence-electron chi connectivity index (χ1n) is 4.39. The molecule has 0 atom stereocenters. The van der Waals surface area contributed by atoms with Crippen LogP contribution in [-0.2, 0) is 6.42 Å². The monoisotopic (exact) mass is 189 g/mol. The second kappa shape index (κ2) is 5.72. The van der Waals surface area contributed by atoms with Gasteiger partial charge in [0, 0.05) is 11.3 Å². The Labute approximate surface area is 84.7 Å². The summed E-state index contributed by atoms with van der Waals surface area (Å²) in [5.41, 5.74) is 1.35.